The van der Waals surface area contributed by atoms with Crippen LogP contribution in [0.3, 0.4) is 0 Å². The van der Waals surface area contributed by atoms with Crippen molar-refractivity contribution in [2.24, 2.45) is 0 Å². The molecular weight excluding hydrogens is 510 g/mol. The van der Waals surface area contributed by atoms with E-state index in [9.17, 15) is 23.4 Å². The Morgan fingerprint density at radius 1 is 1.10 bits per heavy atom. The Kier molecular flexibility index (Phi) is 8.96. The van der Waals surface area contributed by atoms with Crippen LogP contribution in [-0.2, 0) is 12.6 Å². The van der Waals surface area contributed by atoms with Gasteiger partial charge in [-0.25, -0.2) is 0 Å². The van der Waals surface area contributed by atoms with Crippen molar-refractivity contribution in [3.05, 3.63) is 65.2 Å². The molecule has 0 saturated heterocycles. The molecular formula is C22H27F3INO3. The summed E-state index contributed by atoms with van der Waals surface area (Å²) in [6, 6.07) is 12.4. The molecule has 166 valence electrons. The highest BCUT2D eigenvalue weighted by Crippen LogP contribution is 2.30. The number of rotatable bonds is 10. The van der Waals surface area contributed by atoms with Gasteiger partial charge in [-0.15, -0.1) is 0 Å². The summed E-state index contributed by atoms with van der Waals surface area (Å²) in [5.41, 5.74) is -0.131. The molecule has 2 rings (SSSR count). The minimum absolute atomic E-state index is 0.0479. The Bertz CT molecular complexity index is 797. The van der Waals surface area contributed by atoms with E-state index in [1.165, 1.54) is 12.1 Å². The maximum atomic E-state index is 12.9. The Morgan fingerprint density at radius 2 is 1.77 bits per heavy atom. The molecule has 30 heavy (non-hydrogen) atoms. The molecule has 0 aliphatic heterocycles. The number of halogens is 4. The van der Waals surface area contributed by atoms with E-state index in [0.29, 0.717) is 12.2 Å². The van der Waals surface area contributed by atoms with E-state index in [-0.39, 0.29) is 24.8 Å². The van der Waals surface area contributed by atoms with Crippen molar-refractivity contribution in [3.63, 3.8) is 0 Å². The quantitative estimate of drug-likeness (QED) is 0.308. The second-order valence-corrected chi connectivity index (χ2v) is 8.65. The Morgan fingerprint density at radius 3 is 2.33 bits per heavy atom. The summed E-state index contributed by atoms with van der Waals surface area (Å²) >= 11 is 2.24. The molecule has 0 aliphatic rings. The minimum Gasteiger partial charge on any atom is -0.485 e. The lowest BCUT2D eigenvalue weighted by molar-refractivity contribution is -0.137. The molecule has 0 aromatic heterocycles. The van der Waals surface area contributed by atoms with Gasteiger partial charge >= 0.3 is 6.18 Å². The van der Waals surface area contributed by atoms with E-state index >= 15 is 0 Å². The van der Waals surface area contributed by atoms with Crippen LogP contribution in [0.4, 0.5) is 13.2 Å². The molecule has 3 N–H and O–H groups in total. The summed E-state index contributed by atoms with van der Waals surface area (Å²) in [5.74, 6) is 0.664. The van der Waals surface area contributed by atoms with Gasteiger partial charge in [0.25, 0.3) is 0 Å². The number of alkyl halides is 4. The largest absolute Gasteiger partial charge is 0.485 e. The number of benzene rings is 2. The zero-order chi connectivity index (χ0) is 22.4. The molecule has 0 amide bonds. The second-order valence-electron chi connectivity index (χ2n) is 7.77. The van der Waals surface area contributed by atoms with Gasteiger partial charge in [0.2, 0.25) is 0 Å². The molecule has 2 unspecified atom stereocenters. The average molecular weight is 537 g/mol. The van der Waals surface area contributed by atoms with Crippen LogP contribution in [0.2, 0.25) is 0 Å². The van der Waals surface area contributed by atoms with Crippen molar-refractivity contribution in [2.75, 3.05) is 17.6 Å². The normalized spacial score (nSPS) is 14.4. The summed E-state index contributed by atoms with van der Waals surface area (Å²) in [5, 5.41) is 22.8. The number of nitrogens with one attached hydrogen (secondary N) is 1. The van der Waals surface area contributed by atoms with Gasteiger partial charge in [-0.05, 0) is 55.7 Å². The predicted molar refractivity (Wildman–Crippen MR) is 119 cm³/mol. The molecule has 4 nitrogen and oxygen atoms in total. The van der Waals surface area contributed by atoms with Gasteiger partial charge in [0.1, 0.15) is 11.4 Å². The zero-order valence-electron chi connectivity index (χ0n) is 16.9. The lowest BCUT2D eigenvalue weighted by atomic mass is 10.0. The van der Waals surface area contributed by atoms with Gasteiger partial charge < -0.3 is 20.3 Å². The smallest absolute Gasteiger partial charge is 0.416 e. The third kappa shape index (κ3) is 7.72. The van der Waals surface area contributed by atoms with Crippen LogP contribution in [0.1, 0.15) is 36.6 Å². The maximum absolute atomic E-state index is 12.9. The van der Waals surface area contributed by atoms with Crippen molar-refractivity contribution in [1.82, 2.24) is 5.32 Å². The van der Waals surface area contributed by atoms with Gasteiger partial charge in [-0.1, -0.05) is 46.9 Å². The fourth-order valence-electron chi connectivity index (χ4n) is 2.83. The van der Waals surface area contributed by atoms with Crippen LogP contribution in [0, 0.1) is 0 Å². The van der Waals surface area contributed by atoms with E-state index in [0.717, 1.165) is 22.1 Å². The molecule has 2 aromatic rings. The number of hydrogen-bond acceptors (Lipinski definition) is 4. The van der Waals surface area contributed by atoms with Gasteiger partial charge in [-0.3, -0.25) is 0 Å². The third-order valence-electron chi connectivity index (χ3n) is 4.57. The van der Waals surface area contributed by atoms with E-state index in [1.54, 1.807) is 13.8 Å². The molecule has 2 aromatic carbocycles. The SMILES string of the molecule is CC(C)(CO)Oc1ccc(CC(CI)NCC(O)c2cccc(C(F)(F)F)c2)cc1. The Balaban J connectivity index is 1.93. The van der Waals surface area contributed by atoms with E-state index in [4.69, 9.17) is 4.74 Å². The average Bonchev–Trinajstić information content (AvgIpc) is 2.71. The maximum Gasteiger partial charge on any atom is 0.416 e. The fourth-order valence-corrected chi connectivity index (χ4v) is 3.45. The van der Waals surface area contributed by atoms with Crippen LogP contribution < -0.4 is 10.1 Å². The van der Waals surface area contributed by atoms with E-state index in [1.807, 2.05) is 24.3 Å². The summed E-state index contributed by atoms with van der Waals surface area (Å²) in [7, 11) is 0. The Hall–Kier alpha value is -1.36. The summed E-state index contributed by atoms with van der Waals surface area (Å²) in [4.78, 5) is 0. The predicted octanol–water partition coefficient (Wildman–Crippen LogP) is 4.52. The number of ether oxygens (including phenoxy) is 1. The molecule has 0 saturated carbocycles. The van der Waals surface area contributed by atoms with Crippen LogP contribution in [0.15, 0.2) is 48.5 Å². The highest BCUT2D eigenvalue weighted by Gasteiger charge is 2.30. The molecule has 0 spiro atoms. The van der Waals surface area contributed by atoms with E-state index < -0.39 is 23.4 Å². The van der Waals surface area contributed by atoms with Crippen molar-refractivity contribution < 1.29 is 28.1 Å². The first kappa shape index (κ1) is 24.9. The van der Waals surface area contributed by atoms with E-state index in [2.05, 4.69) is 27.9 Å². The van der Waals surface area contributed by atoms with Gasteiger partial charge in [0.05, 0.1) is 18.3 Å². The topological polar surface area (TPSA) is 61.7 Å². The Labute approximate surface area is 188 Å². The lowest BCUT2D eigenvalue weighted by Gasteiger charge is -2.24. The minimum atomic E-state index is -4.43. The summed E-state index contributed by atoms with van der Waals surface area (Å²) in [6.07, 6.45) is -4.77. The summed E-state index contributed by atoms with van der Waals surface area (Å²) < 4.78 is 45.1. The monoisotopic (exact) mass is 537 g/mol. The van der Waals surface area contributed by atoms with Crippen molar-refractivity contribution in [3.8, 4) is 5.75 Å². The van der Waals surface area contributed by atoms with Crippen molar-refractivity contribution in [1.29, 1.82) is 0 Å². The standard InChI is InChI=1S/C22H27F3INO3/c1-21(2,14-28)30-19-8-6-15(7-9-19)10-18(12-26)27-13-20(29)16-4-3-5-17(11-16)22(23,24)25/h3-9,11,18,20,27-29H,10,12-14H2,1-2H3. The molecule has 8 heteroatoms. The summed E-state index contributed by atoms with van der Waals surface area (Å²) in [6.45, 7) is 3.66. The van der Waals surface area contributed by atoms with Gasteiger partial charge in [0.15, 0.2) is 0 Å². The first-order chi connectivity index (χ1) is 14.0. The molecule has 0 radical (unpaired) electrons. The zero-order valence-corrected chi connectivity index (χ0v) is 19.1. The highest BCUT2D eigenvalue weighted by atomic mass is 127. The molecule has 0 aliphatic carbocycles. The van der Waals surface area contributed by atoms with Crippen LogP contribution in [0.25, 0.3) is 0 Å². The number of aliphatic hydroxyl groups excluding tert-OH is 2. The third-order valence-corrected chi connectivity index (χ3v) is 5.63. The molecule has 0 fully saturated rings. The number of hydrogen-bond donors (Lipinski definition) is 3. The lowest BCUT2D eigenvalue weighted by Crippen LogP contribution is -2.35. The van der Waals surface area contributed by atoms with Crippen LogP contribution >= 0.6 is 22.6 Å². The van der Waals surface area contributed by atoms with Crippen molar-refractivity contribution >= 4 is 22.6 Å². The van der Waals surface area contributed by atoms with Crippen LogP contribution in [-0.4, -0.2) is 39.4 Å². The second kappa shape index (κ2) is 10.8. The van der Waals surface area contributed by atoms with Gasteiger partial charge in [0, 0.05) is 17.0 Å². The number of aliphatic hydroxyl groups is 2. The first-order valence-electron chi connectivity index (χ1n) is 9.57. The molecule has 0 heterocycles. The van der Waals surface area contributed by atoms with Crippen molar-refractivity contribution in [2.45, 2.75) is 44.2 Å². The molecule has 0 bridgehead atoms. The molecule has 2 atom stereocenters. The highest BCUT2D eigenvalue weighted by molar-refractivity contribution is 14.1. The van der Waals surface area contributed by atoms with Gasteiger partial charge in [-0.2, -0.15) is 13.2 Å². The fraction of sp³-hybridized carbons (Fsp3) is 0.455. The van der Waals surface area contributed by atoms with Crippen LogP contribution in [0.5, 0.6) is 5.75 Å². The first-order valence-corrected chi connectivity index (χ1v) is 11.1.